The first-order valence-corrected chi connectivity index (χ1v) is 8.50. The lowest BCUT2D eigenvalue weighted by Gasteiger charge is -2.25. The van der Waals surface area contributed by atoms with E-state index in [4.69, 9.17) is 16.7 Å². The number of aliphatic hydroxyl groups is 1. The van der Waals surface area contributed by atoms with Crippen molar-refractivity contribution in [2.45, 2.75) is 32.3 Å². The van der Waals surface area contributed by atoms with E-state index in [0.29, 0.717) is 18.5 Å². The number of halogens is 1. The van der Waals surface area contributed by atoms with Gasteiger partial charge in [0.2, 0.25) is 0 Å². The Kier molecular flexibility index (Phi) is 6.18. The molecule has 0 bridgehead atoms. The van der Waals surface area contributed by atoms with E-state index < -0.39 is 0 Å². The van der Waals surface area contributed by atoms with E-state index in [9.17, 15) is 0 Å². The predicted octanol–water partition coefficient (Wildman–Crippen LogP) is 3.75. The third-order valence-corrected chi connectivity index (χ3v) is 4.58. The Morgan fingerprint density at radius 1 is 1.38 bits per heavy atom. The number of alkyl halides is 1. The van der Waals surface area contributed by atoms with Crippen LogP contribution in [0.5, 0.6) is 0 Å². The van der Waals surface area contributed by atoms with Gasteiger partial charge in [0.05, 0.1) is 18.2 Å². The van der Waals surface area contributed by atoms with Crippen LogP contribution in [0.1, 0.15) is 25.1 Å². The summed E-state index contributed by atoms with van der Waals surface area (Å²) in [5, 5.41) is 12.2. The van der Waals surface area contributed by atoms with Crippen LogP contribution >= 0.6 is 22.9 Å². The lowest BCUT2D eigenvalue weighted by Crippen LogP contribution is -2.32. The maximum Gasteiger partial charge on any atom is 0.123 e. The molecule has 0 fully saturated rings. The van der Waals surface area contributed by atoms with Crippen LogP contribution in [0.15, 0.2) is 29.6 Å². The Morgan fingerprint density at radius 3 is 2.81 bits per heavy atom. The third-order valence-electron chi connectivity index (χ3n) is 3.37. The zero-order valence-electron chi connectivity index (χ0n) is 12.4. The quantitative estimate of drug-likeness (QED) is 0.788. The van der Waals surface area contributed by atoms with Gasteiger partial charge in [-0.05, 0) is 25.5 Å². The molecular weight excluding hydrogens is 304 g/mol. The zero-order valence-corrected chi connectivity index (χ0v) is 14.0. The number of aromatic nitrogens is 1. The highest BCUT2D eigenvalue weighted by molar-refractivity contribution is 7.13. The van der Waals surface area contributed by atoms with E-state index in [1.54, 1.807) is 11.3 Å². The molecule has 0 amide bonds. The van der Waals surface area contributed by atoms with Crippen LogP contribution in [0.3, 0.4) is 0 Å². The van der Waals surface area contributed by atoms with Crippen molar-refractivity contribution >= 4 is 22.9 Å². The molecule has 5 heteroatoms. The molecular formula is C16H21ClN2OS. The topological polar surface area (TPSA) is 36.4 Å². The summed E-state index contributed by atoms with van der Waals surface area (Å²) in [4.78, 5) is 6.78. The zero-order chi connectivity index (χ0) is 15.2. The predicted molar refractivity (Wildman–Crippen MR) is 89.7 cm³/mol. The lowest BCUT2D eigenvalue weighted by molar-refractivity contribution is 0.159. The summed E-state index contributed by atoms with van der Waals surface area (Å²) >= 11 is 7.43. The summed E-state index contributed by atoms with van der Waals surface area (Å²) in [7, 11) is 0. The molecule has 1 N–H and O–H groups in total. The molecule has 2 rings (SSSR count). The van der Waals surface area contributed by atoms with Crippen molar-refractivity contribution in [3.63, 3.8) is 0 Å². The maximum absolute atomic E-state index is 9.16. The molecule has 0 spiro atoms. The SMILES string of the molecule is CC(C)N(CCO)Cc1cccc(-c2nc(CCl)cs2)c1. The van der Waals surface area contributed by atoms with Crippen molar-refractivity contribution in [3.8, 4) is 10.6 Å². The molecule has 0 unspecified atom stereocenters. The summed E-state index contributed by atoms with van der Waals surface area (Å²) in [5.74, 6) is 0.452. The average molecular weight is 325 g/mol. The van der Waals surface area contributed by atoms with Crippen LogP contribution in [0.4, 0.5) is 0 Å². The molecule has 0 radical (unpaired) electrons. The standard InChI is InChI=1S/C16H21ClN2OS/c1-12(2)19(6-7-20)10-13-4-3-5-14(8-13)16-18-15(9-17)11-21-16/h3-5,8,11-12,20H,6-7,9-10H2,1-2H3. The number of benzene rings is 1. The van der Waals surface area contributed by atoms with Gasteiger partial charge in [-0.3, -0.25) is 4.90 Å². The second-order valence-electron chi connectivity index (χ2n) is 5.27. The van der Waals surface area contributed by atoms with Crippen molar-refractivity contribution in [1.82, 2.24) is 9.88 Å². The van der Waals surface area contributed by atoms with E-state index in [-0.39, 0.29) is 6.61 Å². The van der Waals surface area contributed by atoms with Gasteiger partial charge in [-0.2, -0.15) is 0 Å². The Morgan fingerprint density at radius 2 is 2.19 bits per heavy atom. The fraction of sp³-hybridized carbons (Fsp3) is 0.438. The molecule has 0 saturated carbocycles. The van der Waals surface area contributed by atoms with Gasteiger partial charge in [-0.1, -0.05) is 18.2 Å². The summed E-state index contributed by atoms with van der Waals surface area (Å²) in [6.07, 6.45) is 0. The van der Waals surface area contributed by atoms with Crippen molar-refractivity contribution in [3.05, 3.63) is 40.9 Å². The number of hydrogen-bond donors (Lipinski definition) is 1. The van der Waals surface area contributed by atoms with Gasteiger partial charge in [0, 0.05) is 30.1 Å². The van der Waals surface area contributed by atoms with Crippen molar-refractivity contribution in [2.24, 2.45) is 0 Å². The van der Waals surface area contributed by atoms with Gasteiger partial charge in [-0.25, -0.2) is 4.98 Å². The third kappa shape index (κ3) is 4.51. The van der Waals surface area contributed by atoms with Crippen LogP contribution in [-0.2, 0) is 12.4 Å². The Hall–Kier alpha value is -0.940. The highest BCUT2D eigenvalue weighted by atomic mass is 35.5. The van der Waals surface area contributed by atoms with Crippen LogP contribution in [0, 0.1) is 0 Å². The first-order chi connectivity index (χ1) is 10.1. The fourth-order valence-electron chi connectivity index (χ4n) is 2.19. The molecule has 21 heavy (non-hydrogen) atoms. The molecule has 114 valence electrons. The minimum atomic E-state index is 0.184. The van der Waals surface area contributed by atoms with Gasteiger partial charge >= 0.3 is 0 Å². The Bertz CT molecular complexity index is 571. The van der Waals surface area contributed by atoms with Gasteiger partial charge < -0.3 is 5.11 Å². The van der Waals surface area contributed by atoms with Gasteiger partial charge in [-0.15, -0.1) is 22.9 Å². The minimum Gasteiger partial charge on any atom is -0.395 e. The van der Waals surface area contributed by atoms with Crippen LogP contribution in [0.25, 0.3) is 10.6 Å². The second kappa shape index (κ2) is 7.90. The number of hydrogen-bond acceptors (Lipinski definition) is 4. The number of thiazole rings is 1. The van der Waals surface area contributed by atoms with E-state index in [0.717, 1.165) is 22.8 Å². The van der Waals surface area contributed by atoms with E-state index >= 15 is 0 Å². The largest absolute Gasteiger partial charge is 0.395 e. The van der Waals surface area contributed by atoms with Gasteiger partial charge in [0.15, 0.2) is 0 Å². The number of rotatable bonds is 7. The van der Waals surface area contributed by atoms with Crippen LogP contribution < -0.4 is 0 Å². The van der Waals surface area contributed by atoms with E-state index in [1.807, 2.05) is 5.38 Å². The first-order valence-electron chi connectivity index (χ1n) is 7.08. The van der Waals surface area contributed by atoms with Crippen molar-refractivity contribution < 1.29 is 5.11 Å². The van der Waals surface area contributed by atoms with E-state index in [2.05, 4.69) is 48.0 Å². The molecule has 0 aliphatic carbocycles. The van der Waals surface area contributed by atoms with E-state index in [1.165, 1.54) is 5.56 Å². The molecule has 1 aromatic carbocycles. The number of nitrogens with zero attached hydrogens (tertiary/aromatic N) is 2. The summed E-state index contributed by atoms with van der Waals surface area (Å²) in [6, 6.07) is 8.83. The molecule has 0 aliphatic heterocycles. The molecule has 0 atom stereocenters. The molecule has 2 aromatic rings. The summed E-state index contributed by atoms with van der Waals surface area (Å²) in [6.45, 7) is 6.00. The van der Waals surface area contributed by atoms with Gasteiger partial charge in [0.25, 0.3) is 0 Å². The highest BCUT2D eigenvalue weighted by Gasteiger charge is 2.11. The molecule has 0 aliphatic rings. The maximum atomic E-state index is 9.16. The average Bonchev–Trinajstić information content (AvgIpc) is 2.96. The Labute approximate surface area is 135 Å². The lowest BCUT2D eigenvalue weighted by atomic mass is 10.1. The minimum absolute atomic E-state index is 0.184. The Balaban J connectivity index is 2.17. The second-order valence-corrected chi connectivity index (χ2v) is 6.39. The molecule has 1 heterocycles. The fourth-order valence-corrected chi connectivity index (χ4v) is 3.23. The summed E-state index contributed by atoms with van der Waals surface area (Å²) < 4.78 is 0. The van der Waals surface area contributed by atoms with Gasteiger partial charge in [0.1, 0.15) is 5.01 Å². The smallest absolute Gasteiger partial charge is 0.123 e. The molecule has 0 saturated heterocycles. The summed E-state index contributed by atoms with van der Waals surface area (Å²) in [5.41, 5.74) is 3.28. The number of aliphatic hydroxyl groups excluding tert-OH is 1. The first kappa shape index (κ1) is 16.4. The molecule has 1 aromatic heterocycles. The van der Waals surface area contributed by atoms with Crippen molar-refractivity contribution in [1.29, 1.82) is 0 Å². The monoisotopic (exact) mass is 324 g/mol. The molecule has 3 nitrogen and oxygen atoms in total. The normalized spacial score (nSPS) is 11.5. The van der Waals surface area contributed by atoms with Crippen LogP contribution in [0.2, 0.25) is 0 Å². The van der Waals surface area contributed by atoms with Crippen LogP contribution in [-0.4, -0.2) is 34.2 Å². The van der Waals surface area contributed by atoms with Crippen molar-refractivity contribution in [2.75, 3.05) is 13.2 Å². The highest BCUT2D eigenvalue weighted by Crippen LogP contribution is 2.25.